The minimum absolute atomic E-state index is 0.188. The standard InChI is InChI=1S/C22H23N3O2/c1-15-5-6-18(13-16(15)2)19-20(24-11-3-4-12-24)22(27)25(21(19)26)14-17-7-9-23-10-8-17/h5-10,13H,3-4,11-12,14H2,1-2H3. The fourth-order valence-corrected chi connectivity index (χ4v) is 3.77. The summed E-state index contributed by atoms with van der Waals surface area (Å²) in [6, 6.07) is 9.66. The van der Waals surface area contributed by atoms with E-state index in [0.717, 1.165) is 42.6 Å². The van der Waals surface area contributed by atoms with Crippen molar-refractivity contribution in [3.8, 4) is 0 Å². The predicted octanol–water partition coefficient (Wildman–Crippen LogP) is 3.07. The molecule has 0 radical (unpaired) electrons. The first-order chi connectivity index (χ1) is 13.1. The molecule has 3 heterocycles. The maximum atomic E-state index is 13.3. The lowest BCUT2D eigenvalue weighted by Gasteiger charge is -2.20. The van der Waals surface area contributed by atoms with Crippen LogP contribution in [0, 0.1) is 13.8 Å². The number of pyridine rings is 1. The van der Waals surface area contributed by atoms with Gasteiger partial charge in [-0.2, -0.15) is 0 Å². The molecule has 2 aromatic rings. The largest absolute Gasteiger partial charge is 0.366 e. The van der Waals surface area contributed by atoms with E-state index in [2.05, 4.69) is 9.88 Å². The van der Waals surface area contributed by atoms with E-state index >= 15 is 0 Å². The van der Waals surface area contributed by atoms with Crippen molar-refractivity contribution in [1.82, 2.24) is 14.8 Å². The third-order valence-corrected chi connectivity index (χ3v) is 5.45. The highest BCUT2D eigenvalue weighted by Crippen LogP contribution is 2.34. The highest BCUT2D eigenvalue weighted by Gasteiger charge is 2.42. The van der Waals surface area contributed by atoms with Crippen LogP contribution < -0.4 is 0 Å². The van der Waals surface area contributed by atoms with E-state index in [4.69, 9.17) is 0 Å². The first kappa shape index (κ1) is 17.5. The summed E-state index contributed by atoms with van der Waals surface area (Å²) in [5, 5.41) is 0. The molecule has 1 saturated heterocycles. The number of nitrogens with zero attached hydrogens (tertiary/aromatic N) is 3. The number of carbonyl (C=O) groups excluding carboxylic acids is 2. The summed E-state index contributed by atoms with van der Waals surface area (Å²) in [6.07, 6.45) is 5.46. The Labute approximate surface area is 159 Å². The summed E-state index contributed by atoms with van der Waals surface area (Å²) in [5.74, 6) is -0.395. The van der Waals surface area contributed by atoms with Crippen molar-refractivity contribution >= 4 is 17.4 Å². The molecule has 0 saturated carbocycles. The number of imide groups is 1. The molecule has 1 aromatic carbocycles. The normalized spacial score (nSPS) is 17.4. The van der Waals surface area contributed by atoms with Gasteiger partial charge in [-0.3, -0.25) is 19.5 Å². The van der Waals surface area contributed by atoms with Crippen molar-refractivity contribution < 1.29 is 9.59 Å². The van der Waals surface area contributed by atoms with Gasteiger partial charge in [-0.25, -0.2) is 0 Å². The van der Waals surface area contributed by atoms with Crippen LogP contribution in [0.4, 0.5) is 0 Å². The molecule has 138 valence electrons. The summed E-state index contributed by atoms with van der Waals surface area (Å²) in [6.45, 7) is 6.00. The molecule has 4 rings (SSSR count). The van der Waals surface area contributed by atoms with Crippen LogP contribution in [-0.2, 0) is 16.1 Å². The molecule has 2 aliphatic heterocycles. The Morgan fingerprint density at radius 1 is 0.926 bits per heavy atom. The molecule has 0 spiro atoms. The minimum atomic E-state index is -0.207. The molecule has 1 aromatic heterocycles. The van der Waals surface area contributed by atoms with Crippen molar-refractivity contribution in [2.24, 2.45) is 0 Å². The van der Waals surface area contributed by atoms with Gasteiger partial charge in [0.15, 0.2) is 0 Å². The third-order valence-electron chi connectivity index (χ3n) is 5.45. The van der Waals surface area contributed by atoms with E-state index < -0.39 is 0 Å². The Bertz CT molecular complexity index is 928. The zero-order valence-corrected chi connectivity index (χ0v) is 15.7. The highest BCUT2D eigenvalue weighted by atomic mass is 16.2. The molecule has 1 fully saturated rings. The summed E-state index contributed by atoms with van der Waals surface area (Å²) in [7, 11) is 0. The van der Waals surface area contributed by atoms with Crippen molar-refractivity contribution in [2.45, 2.75) is 33.2 Å². The summed E-state index contributed by atoms with van der Waals surface area (Å²) >= 11 is 0. The summed E-state index contributed by atoms with van der Waals surface area (Å²) < 4.78 is 0. The van der Waals surface area contributed by atoms with Gasteiger partial charge < -0.3 is 4.90 Å². The number of likely N-dealkylation sites (tertiary alicyclic amines) is 1. The van der Waals surface area contributed by atoms with Crippen molar-refractivity contribution in [3.63, 3.8) is 0 Å². The summed E-state index contributed by atoms with van der Waals surface area (Å²) in [5.41, 5.74) is 5.12. The number of aromatic nitrogens is 1. The molecule has 27 heavy (non-hydrogen) atoms. The zero-order valence-electron chi connectivity index (χ0n) is 15.7. The van der Waals surface area contributed by atoms with Gasteiger partial charge in [0.25, 0.3) is 11.8 Å². The third kappa shape index (κ3) is 3.14. The Balaban J connectivity index is 1.76. The maximum absolute atomic E-state index is 13.3. The monoisotopic (exact) mass is 361 g/mol. The van der Waals surface area contributed by atoms with Gasteiger partial charge in [-0.05, 0) is 61.1 Å². The van der Waals surface area contributed by atoms with E-state index in [1.807, 2.05) is 44.2 Å². The maximum Gasteiger partial charge on any atom is 0.278 e. The number of hydrogen-bond acceptors (Lipinski definition) is 4. The second-order valence-electron chi connectivity index (χ2n) is 7.27. The van der Waals surface area contributed by atoms with Crippen LogP contribution in [-0.4, -0.2) is 39.7 Å². The van der Waals surface area contributed by atoms with Crippen LogP contribution in [0.2, 0.25) is 0 Å². The van der Waals surface area contributed by atoms with Crippen LogP contribution in [0.25, 0.3) is 5.57 Å². The van der Waals surface area contributed by atoms with Crippen molar-refractivity contribution in [1.29, 1.82) is 0 Å². The lowest BCUT2D eigenvalue weighted by molar-refractivity contribution is -0.138. The van der Waals surface area contributed by atoms with E-state index in [1.165, 1.54) is 10.5 Å². The lowest BCUT2D eigenvalue weighted by Crippen LogP contribution is -2.34. The smallest absolute Gasteiger partial charge is 0.278 e. The summed E-state index contributed by atoms with van der Waals surface area (Å²) in [4.78, 5) is 34.0. The van der Waals surface area contributed by atoms with Crippen LogP contribution in [0.5, 0.6) is 0 Å². The zero-order chi connectivity index (χ0) is 19.0. The van der Waals surface area contributed by atoms with Crippen LogP contribution in [0.15, 0.2) is 48.4 Å². The predicted molar refractivity (Wildman–Crippen MR) is 103 cm³/mol. The molecule has 0 aliphatic carbocycles. The van der Waals surface area contributed by atoms with E-state index in [1.54, 1.807) is 12.4 Å². The topological polar surface area (TPSA) is 53.5 Å². The van der Waals surface area contributed by atoms with Crippen molar-refractivity contribution in [3.05, 3.63) is 70.7 Å². The van der Waals surface area contributed by atoms with Crippen LogP contribution in [0.1, 0.15) is 35.1 Å². The van der Waals surface area contributed by atoms with Gasteiger partial charge in [0.05, 0.1) is 12.1 Å². The van der Waals surface area contributed by atoms with Gasteiger partial charge in [-0.1, -0.05) is 18.2 Å². The molecule has 0 atom stereocenters. The average Bonchev–Trinajstić information content (AvgIpc) is 3.27. The lowest BCUT2D eigenvalue weighted by atomic mass is 9.99. The first-order valence-corrected chi connectivity index (χ1v) is 9.38. The van der Waals surface area contributed by atoms with Gasteiger partial charge in [0.2, 0.25) is 0 Å². The van der Waals surface area contributed by atoms with Crippen LogP contribution in [0.3, 0.4) is 0 Å². The Kier molecular flexibility index (Phi) is 4.52. The molecule has 0 bridgehead atoms. The molecular formula is C22H23N3O2. The minimum Gasteiger partial charge on any atom is -0.366 e. The second-order valence-corrected chi connectivity index (χ2v) is 7.27. The molecule has 5 heteroatoms. The van der Waals surface area contributed by atoms with E-state index in [0.29, 0.717) is 11.3 Å². The quantitative estimate of drug-likeness (QED) is 0.786. The van der Waals surface area contributed by atoms with E-state index in [-0.39, 0.29) is 18.4 Å². The number of carbonyl (C=O) groups is 2. The molecule has 0 N–H and O–H groups in total. The number of aryl methyl sites for hydroxylation is 2. The number of hydrogen-bond donors (Lipinski definition) is 0. The van der Waals surface area contributed by atoms with Gasteiger partial charge in [-0.15, -0.1) is 0 Å². The van der Waals surface area contributed by atoms with Gasteiger partial charge >= 0.3 is 0 Å². The number of benzene rings is 1. The Morgan fingerprint density at radius 2 is 1.63 bits per heavy atom. The van der Waals surface area contributed by atoms with Gasteiger partial charge in [0, 0.05) is 25.5 Å². The fraction of sp³-hybridized carbons (Fsp3) is 0.318. The van der Waals surface area contributed by atoms with Crippen molar-refractivity contribution in [2.75, 3.05) is 13.1 Å². The Hall–Kier alpha value is -2.95. The average molecular weight is 361 g/mol. The highest BCUT2D eigenvalue weighted by molar-refractivity contribution is 6.35. The van der Waals surface area contributed by atoms with E-state index in [9.17, 15) is 9.59 Å². The molecule has 2 aliphatic rings. The number of rotatable bonds is 4. The van der Waals surface area contributed by atoms with Crippen LogP contribution >= 0.6 is 0 Å². The number of amides is 2. The molecular weight excluding hydrogens is 338 g/mol. The SMILES string of the molecule is Cc1ccc(C2=C(N3CCCC3)C(=O)N(Cc3ccncc3)C2=O)cc1C. The molecule has 5 nitrogen and oxygen atoms in total. The first-order valence-electron chi connectivity index (χ1n) is 9.38. The molecule has 2 amide bonds. The Morgan fingerprint density at radius 3 is 2.30 bits per heavy atom. The fourth-order valence-electron chi connectivity index (χ4n) is 3.77. The second kappa shape index (κ2) is 6.99. The molecule has 0 unspecified atom stereocenters. The van der Waals surface area contributed by atoms with Gasteiger partial charge in [0.1, 0.15) is 5.70 Å².